The van der Waals surface area contributed by atoms with E-state index in [2.05, 4.69) is 56.1 Å². The highest BCUT2D eigenvalue weighted by atomic mass is 16.2. The molecule has 1 heterocycles. The Morgan fingerprint density at radius 1 is 1.32 bits per heavy atom. The predicted molar refractivity (Wildman–Crippen MR) is 78.3 cm³/mol. The molecule has 1 aromatic carbocycles. The molecular weight excluding hydrogens is 238 g/mol. The summed E-state index contributed by atoms with van der Waals surface area (Å²) in [6.07, 6.45) is 0. The maximum Gasteiger partial charge on any atom is 0.244 e. The first-order valence-electron chi connectivity index (χ1n) is 6.70. The molecule has 1 aromatic rings. The fourth-order valence-corrected chi connectivity index (χ4v) is 2.88. The molecule has 1 atom stereocenters. The van der Waals surface area contributed by atoms with Gasteiger partial charge in [-0.15, -0.1) is 0 Å². The molecule has 1 unspecified atom stereocenters. The molecular formula is C15H23N3O. The summed E-state index contributed by atoms with van der Waals surface area (Å²) in [4.78, 5) is 14.2. The summed E-state index contributed by atoms with van der Waals surface area (Å²) in [5, 5.41) is 2.94. The van der Waals surface area contributed by atoms with E-state index in [1.54, 1.807) is 0 Å². The SMILES string of the molecule is Cc1cc(C)cc(N2C(CN)C(=O)NCC2(C)C)c1. The van der Waals surface area contributed by atoms with E-state index in [1.165, 1.54) is 11.1 Å². The summed E-state index contributed by atoms with van der Waals surface area (Å²) in [6.45, 7) is 9.37. The molecule has 3 N–H and O–H groups in total. The summed E-state index contributed by atoms with van der Waals surface area (Å²) in [5.41, 5.74) is 9.15. The van der Waals surface area contributed by atoms with Crippen molar-refractivity contribution in [2.24, 2.45) is 5.73 Å². The average Bonchev–Trinajstić information content (AvgIpc) is 2.30. The van der Waals surface area contributed by atoms with Crippen molar-refractivity contribution >= 4 is 11.6 Å². The number of nitrogens with zero attached hydrogens (tertiary/aromatic N) is 1. The van der Waals surface area contributed by atoms with Crippen LogP contribution in [0.15, 0.2) is 18.2 Å². The van der Waals surface area contributed by atoms with Gasteiger partial charge in [-0.05, 0) is 51.0 Å². The number of carbonyl (C=O) groups is 1. The topological polar surface area (TPSA) is 58.4 Å². The Morgan fingerprint density at radius 3 is 2.42 bits per heavy atom. The summed E-state index contributed by atoms with van der Waals surface area (Å²) in [5.74, 6) is 0.0148. The van der Waals surface area contributed by atoms with Crippen LogP contribution in [0.3, 0.4) is 0 Å². The van der Waals surface area contributed by atoms with E-state index in [9.17, 15) is 4.79 Å². The lowest BCUT2D eigenvalue weighted by atomic mass is 9.93. The van der Waals surface area contributed by atoms with Crippen LogP contribution in [-0.2, 0) is 4.79 Å². The molecule has 1 aliphatic rings. The third-order valence-electron chi connectivity index (χ3n) is 3.67. The number of hydrogen-bond acceptors (Lipinski definition) is 3. The molecule has 19 heavy (non-hydrogen) atoms. The summed E-state index contributed by atoms with van der Waals surface area (Å²) < 4.78 is 0. The second-order valence-corrected chi connectivity index (χ2v) is 6.00. The van der Waals surface area contributed by atoms with Gasteiger partial charge in [0.1, 0.15) is 6.04 Å². The van der Waals surface area contributed by atoms with Crippen molar-refractivity contribution in [1.82, 2.24) is 5.32 Å². The molecule has 0 saturated carbocycles. The Balaban J connectivity index is 2.49. The van der Waals surface area contributed by atoms with Crippen LogP contribution in [0.2, 0.25) is 0 Å². The molecule has 0 radical (unpaired) electrons. The average molecular weight is 261 g/mol. The lowest BCUT2D eigenvalue weighted by Crippen LogP contribution is -2.67. The molecule has 4 heteroatoms. The third kappa shape index (κ3) is 2.59. The lowest BCUT2D eigenvalue weighted by molar-refractivity contribution is -0.124. The zero-order valence-corrected chi connectivity index (χ0v) is 12.2. The van der Waals surface area contributed by atoms with Crippen molar-refractivity contribution in [1.29, 1.82) is 0 Å². The number of rotatable bonds is 2. The molecule has 104 valence electrons. The molecule has 1 fully saturated rings. The minimum atomic E-state index is -0.301. The van der Waals surface area contributed by atoms with E-state index in [0.717, 1.165) is 5.69 Å². The highest BCUT2D eigenvalue weighted by Crippen LogP contribution is 2.30. The van der Waals surface area contributed by atoms with E-state index < -0.39 is 0 Å². The molecule has 0 aromatic heterocycles. The van der Waals surface area contributed by atoms with Crippen LogP contribution >= 0.6 is 0 Å². The molecule has 1 amide bonds. The van der Waals surface area contributed by atoms with Crippen LogP contribution < -0.4 is 16.0 Å². The lowest BCUT2D eigenvalue weighted by Gasteiger charge is -2.48. The minimum absolute atomic E-state index is 0.0148. The van der Waals surface area contributed by atoms with Gasteiger partial charge in [0.05, 0.1) is 5.54 Å². The van der Waals surface area contributed by atoms with Crippen LogP contribution in [0.4, 0.5) is 5.69 Å². The van der Waals surface area contributed by atoms with Crippen LogP contribution in [0.5, 0.6) is 0 Å². The fraction of sp³-hybridized carbons (Fsp3) is 0.533. The second kappa shape index (κ2) is 4.85. The standard InChI is InChI=1S/C15H23N3O/c1-10-5-11(2)7-12(6-10)18-13(8-16)14(19)17-9-15(18,3)4/h5-7,13H,8-9,16H2,1-4H3,(H,17,19). The first-order valence-corrected chi connectivity index (χ1v) is 6.70. The number of piperazine rings is 1. The van der Waals surface area contributed by atoms with Crippen molar-refractivity contribution in [2.45, 2.75) is 39.3 Å². The molecule has 1 saturated heterocycles. The second-order valence-electron chi connectivity index (χ2n) is 6.00. The Labute approximate surface area is 115 Å². The normalized spacial score (nSPS) is 22.3. The largest absolute Gasteiger partial charge is 0.352 e. The Bertz CT molecular complexity index is 476. The van der Waals surface area contributed by atoms with Gasteiger partial charge in [-0.3, -0.25) is 4.79 Å². The van der Waals surface area contributed by atoms with Crippen LogP contribution in [0.1, 0.15) is 25.0 Å². The van der Waals surface area contributed by atoms with Crippen molar-refractivity contribution in [3.8, 4) is 0 Å². The Hall–Kier alpha value is -1.55. The number of nitrogens with one attached hydrogen (secondary N) is 1. The number of anilines is 1. The van der Waals surface area contributed by atoms with Crippen molar-refractivity contribution in [3.63, 3.8) is 0 Å². The van der Waals surface area contributed by atoms with Gasteiger partial charge in [-0.1, -0.05) is 6.07 Å². The van der Waals surface area contributed by atoms with E-state index >= 15 is 0 Å². The fourth-order valence-electron chi connectivity index (χ4n) is 2.88. The van der Waals surface area contributed by atoms with E-state index in [0.29, 0.717) is 13.1 Å². The highest BCUT2D eigenvalue weighted by Gasteiger charge is 2.40. The first kappa shape index (κ1) is 13.9. The third-order valence-corrected chi connectivity index (χ3v) is 3.67. The smallest absolute Gasteiger partial charge is 0.244 e. The zero-order chi connectivity index (χ0) is 14.2. The predicted octanol–water partition coefficient (Wildman–Crippen LogP) is 1.35. The first-order chi connectivity index (χ1) is 8.85. The number of aryl methyl sites for hydroxylation is 2. The van der Waals surface area contributed by atoms with Crippen molar-refractivity contribution in [3.05, 3.63) is 29.3 Å². The Kier molecular flexibility index (Phi) is 3.54. The van der Waals surface area contributed by atoms with E-state index in [4.69, 9.17) is 5.73 Å². The monoisotopic (exact) mass is 261 g/mol. The van der Waals surface area contributed by atoms with E-state index in [1.807, 2.05) is 0 Å². The Morgan fingerprint density at radius 2 is 1.89 bits per heavy atom. The summed E-state index contributed by atoms with van der Waals surface area (Å²) >= 11 is 0. The van der Waals surface area contributed by atoms with Gasteiger partial charge in [0.15, 0.2) is 0 Å². The van der Waals surface area contributed by atoms with Gasteiger partial charge in [-0.25, -0.2) is 0 Å². The zero-order valence-electron chi connectivity index (χ0n) is 12.2. The van der Waals surface area contributed by atoms with Crippen LogP contribution in [0.25, 0.3) is 0 Å². The summed E-state index contributed by atoms with van der Waals surface area (Å²) in [6, 6.07) is 6.08. The van der Waals surface area contributed by atoms with Gasteiger partial charge in [0.2, 0.25) is 5.91 Å². The number of hydrogen-bond donors (Lipinski definition) is 2. The number of amides is 1. The van der Waals surface area contributed by atoms with Gasteiger partial charge in [0, 0.05) is 18.8 Å². The van der Waals surface area contributed by atoms with Crippen molar-refractivity contribution < 1.29 is 4.79 Å². The number of nitrogens with two attached hydrogens (primary N) is 1. The molecule has 0 aliphatic carbocycles. The number of carbonyl (C=O) groups excluding carboxylic acids is 1. The molecule has 2 rings (SSSR count). The molecule has 0 spiro atoms. The quantitative estimate of drug-likeness (QED) is 0.845. The van der Waals surface area contributed by atoms with Gasteiger partial charge in [0.25, 0.3) is 0 Å². The van der Waals surface area contributed by atoms with Crippen LogP contribution in [-0.4, -0.2) is 30.6 Å². The van der Waals surface area contributed by atoms with Crippen molar-refractivity contribution in [2.75, 3.05) is 18.0 Å². The molecule has 1 aliphatic heterocycles. The maximum atomic E-state index is 12.0. The summed E-state index contributed by atoms with van der Waals surface area (Å²) in [7, 11) is 0. The van der Waals surface area contributed by atoms with Gasteiger partial charge >= 0.3 is 0 Å². The maximum absolute atomic E-state index is 12.0. The molecule has 4 nitrogen and oxygen atoms in total. The molecule has 0 bridgehead atoms. The highest BCUT2D eigenvalue weighted by molar-refractivity contribution is 5.87. The van der Waals surface area contributed by atoms with E-state index in [-0.39, 0.29) is 17.5 Å². The minimum Gasteiger partial charge on any atom is -0.352 e. The van der Waals surface area contributed by atoms with Gasteiger partial charge in [-0.2, -0.15) is 0 Å². The van der Waals surface area contributed by atoms with Gasteiger partial charge < -0.3 is 16.0 Å². The van der Waals surface area contributed by atoms with Crippen LogP contribution in [0, 0.1) is 13.8 Å². The number of benzene rings is 1.